The van der Waals surface area contributed by atoms with Gasteiger partial charge in [0.05, 0.1) is 13.2 Å². The lowest BCUT2D eigenvalue weighted by atomic mass is 10.0. The average Bonchev–Trinajstić information content (AvgIpc) is 3.02. The van der Waals surface area contributed by atoms with Gasteiger partial charge in [0.25, 0.3) is 0 Å². The fourth-order valence-electron chi connectivity index (χ4n) is 4.71. The van der Waals surface area contributed by atoms with Gasteiger partial charge >= 0.3 is 0 Å². The van der Waals surface area contributed by atoms with Crippen LogP contribution in [0.5, 0.6) is 11.5 Å². The van der Waals surface area contributed by atoms with Crippen LogP contribution in [0.25, 0.3) is 0 Å². The van der Waals surface area contributed by atoms with E-state index < -0.39 is 0 Å². The molecule has 0 saturated heterocycles. The third-order valence-electron chi connectivity index (χ3n) is 7.82. The van der Waals surface area contributed by atoms with Gasteiger partial charge < -0.3 is 9.47 Å². The number of benzene rings is 3. The van der Waals surface area contributed by atoms with Crippen LogP contribution in [0.1, 0.15) is 107 Å². The molecular formula is C39H47BrO2. The molecule has 2 nitrogen and oxygen atoms in total. The number of hydrogen-bond donors (Lipinski definition) is 0. The minimum absolute atomic E-state index is 0.619. The van der Waals surface area contributed by atoms with Crippen molar-refractivity contribution < 1.29 is 9.47 Å². The first kappa shape index (κ1) is 33.4. The van der Waals surface area contributed by atoms with Gasteiger partial charge in [-0.1, -0.05) is 106 Å². The minimum Gasteiger partial charge on any atom is -0.493 e. The maximum atomic E-state index is 6.06. The quantitative estimate of drug-likeness (QED) is 0.166. The molecule has 0 aliphatic heterocycles. The predicted octanol–water partition coefficient (Wildman–Crippen LogP) is 10.7. The zero-order valence-corrected chi connectivity index (χ0v) is 27.8. The van der Waals surface area contributed by atoms with E-state index in [0.717, 1.165) is 69.8 Å². The highest BCUT2D eigenvalue weighted by molar-refractivity contribution is 9.10. The molecule has 3 heteroatoms. The van der Waals surface area contributed by atoms with E-state index in [1.165, 1.54) is 38.5 Å². The number of hydrogen-bond acceptors (Lipinski definition) is 2. The molecule has 222 valence electrons. The van der Waals surface area contributed by atoms with Gasteiger partial charge in [-0.3, -0.25) is 0 Å². The maximum Gasteiger partial charge on any atom is 0.119 e. The molecule has 0 radical (unpaired) electrons. The summed E-state index contributed by atoms with van der Waals surface area (Å²) >= 11 is 3.65. The minimum atomic E-state index is 0.619. The van der Waals surface area contributed by atoms with E-state index in [1.807, 2.05) is 48.5 Å². The van der Waals surface area contributed by atoms with E-state index in [2.05, 4.69) is 86.4 Å². The van der Waals surface area contributed by atoms with Gasteiger partial charge in [0, 0.05) is 26.7 Å². The Morgan fingerprint density at radius 2 is 1.02 bits per heavy atom. The van der Waals surface area contributed by atoms with E-state index in [9.17, 15) is 0 Å². The van der Waals surface area contributed by atoms with E-state index in [1.54, 1.807) is 0 Å². The molecule has 0 spiro atoms. The summed E-state index contributed by atoms with van der Waals surface area (Å²) in [6.07, 6.45) is 9.77. The Kier molecular flexibility index (Phi) is 14.6. The molecule has 0 aliphatic rings. The normalized spacial score (nSPS) is 12.0. The lowest BCUT2D eigenvalue weighted by Crippen LogP contribution is -2.11. The van der Waals surface area contributed by atoms with E-state index >= 15 is 0 Å². The highest BCUT2D eigenvalue weighted by Gasteiger charge is 2.08. The van der Waals surface area contributed by atoms with Gasteiger partial charge in [-0.2, -0.15) is 0 Å². The van der Waals surface area contributed by atoms with Crippen molar-refractivity contribution in [2.45, 2.75) is 86.0 Å². The molecule has 42 heavy (non-hydrogen) atoms. The van der Waals surface area contributed by atoms with Crippen molar-refractivity contribution in [2.24, 2.45) is 11.8 Å². The van der Waals surface area contributed by atoms with Crippen LogP contribution >= 0.6 is 15.9 Å². The number of halogens is 1. The van der Waals surface area contributed by atoms with Gasteiger partial charge in [-0.25, -0.2) is 0 Å². The first-order chi connectivity index (χ1) is 20.4. The van der Waals surface area contributed by atoms with E-state index in [4.69, 9.17) is 9.47 Å². The molecule has 0 bridgehead atoms. The van der Waals surface area contributed by atoms with E-state index in [0.29, 0.717) is 11.8 Å². The summed E-state index contributed by atoms with van der Waals surface area (Å²) < 4.78 is 13.1. The summed E-state index contributed by atoms with van der Waals surface area (Å²) in [5, 5.41) is 0. The summed E-state index contributed by atoms with van der Waals surface area (Å²) in [5.41, 5.74) is 4.94. The predicted molar refractivity (Wildman–Crippen MR) is 181 cm³/mol. The summed E-state index contributed by atoms with van der Waals surface area (Å²) in [5.74, 6) is 16.4. The first-order valence-corrected chi connectivity index (χ1v) is 16.5. The molecule has 2 atom stereocenters. The maximum absolute atomic E-state index is 6.06. The van der Waals surface area contributed by atoms with Crippen molar-refractivity contribution in [1.29, 1.82) is 0 Å². The van der Waals surface area contributed by atoms with Crippen LogP contribution in [0.2, 0.25) is 0 Å². The lowest BCUT2D eigenvalue weighted by Gasteiger charge is -2.15. The number of rotatable bonds is 14. The molecule has 0 aliphatic carbocycles. The first-order valence-electron chi connectivity index (χ1n) is 15.7. The van der Waals surface area contributed by atoms with Crippen LogP contribution in [0, 0.1) is 42.4 Å². The highest BCUT2D eigenvalue weighted by atomic mass is 79.9. The standard InChI is InChI=1S/C39H47BrO2/c1-6-10-12-31(8-3)28-41-38-22-16-33(17-23-38)14-20-35-26-37(40)27-36(30(35)5)21-15-34-18-24-39(25-19-34)42-29-32(9-4)13-11-7-2/h16-19,22-27,31-32H,6-13,28-29H2,1-5H3. The second-order valence-corrected chi connectivity index (χ2v) is 12.0. The summed E-state index contributed by atoms with van der Waals surface area (Å²) in [4.78, 5) is 0. The van der Waals surface area contributed by atoms with Gasteiger partial charge in [0.2, 0.25) is 0 Å². The van der Waals surface area contributed by atoms with Crippen molar-refractivity contribution >= 4 is 15.9 Å². The van der Waals surface area contributed by atoms with Crippen LogP contribution in [0.15, 0.2) is 65.1 Å². The summed E-state index contributed by atoms with van der Waals surface area (Å²) in [7, 11) is 0. The smallest absolute Gasteiger partial charge is 0.119 e. The molecule has 3 aromatic rings. The molecule has 0 heterocycles. The van der Waals surface area contributed by atoms with Gasteiger partial charge in [0.1, 0.15) is 11.5 Å². The van der Waals surface area contributed by atoms with Crippen LogP contribution in [-0.2, 0) is 0 Å². The van der Waals surface area contributed by atoms with Crippen LogP contribution in [0.3, 0.4) is 0 Å². The number of unbranched alkanes of at least 4 members (excludes halogenated alkanes) is 2. The van der Waals surface area contributed by atoms with Gasteiger partial charge in [-0.05, 0) is 97.8 Å². The Balaban J connectivity index is 1.64. The second kappa shape index (κ2) is 18.4. The summed E-state index contributed by atoms with van der Waals surface area (Å²) in [6.45, 7) is 12.6. The van der Waals surface area contributed by atoms with Crippen LogP contribution < -0.4 is 9.47 Å². The third-order valence-corrected chi connectivity index (χ3v) is 8.28. The van der Waals surface area contributed by atoms with Crippen LogP contribution in [-0.4, -0.2) is 13.2 Å². The molecule has 0 aromatic heterocycles. The summed E-state index contributed by atoms with van der Waals surface area (Å²) in [6, 6.07) is 20.3. The monoisotopic (exact) mass is 626 g/mol. The molecule has 0 amide bonds. The molecule has 0 fully saturated rings. The Morgan fingerprint density at radius 3 is 1.38 bits per heavy atom. The fourth-order valence-corrected chi connectivity index (χ4v) is 5.17. The van der Waals surface area contributed by atoms with Crippen molar-refractivity contribution in [3.05, 3.63) is 93.0 Å². The Labute approximate surface area is 263 Å². The fraction of sp³-hybridized carbons (Fsp3) is 0.436. The molecule has 0 saturated carbocycles. The molecule has 0 N–H and O–H groups in total. The van der Waals surface area contributed by atoms with Crippen molar-refractivity contribution in [1.82, 2.24) is 0 Å². The third kappa shape index (κ3) is 11.3. The van der Waals surface area contributed by atoms with Crippen molar-refractivity contribution in [3.8, 4) is 35.2 Å². The van der Waals surface area contributed by atoms with Crippen LogP contribution in [0.4, 0.5) is 0 Å². The zero-order chi connectivity index (χ0) is 30.2. The zero-order valence-electron chi connectivity index (χ0n) is 26.2. The SMILES string of the molecule is CCCCC(CC)COc1ccc(C#Cc2cc(Br)cc(C#Cc3ccc(OCC(CC)CCCC)cc3)c2C)cc1. The molecule has 3 aromatic carbocycles. The second-order valence-electron chi connectivity index (χ2n) is 11.1. The average molecular weight is 628 g/mol. The molecular weight excluding hydrogens is 580 g/mol. The highest BCUT2D eigenvalue weighted by Crippen LogP contribution is 2.22. The van der Waals surface area contributed by atoms with Crippen molar-refractivity contribution in [2.75, 3.05) is 13.2 Å². The number of ether oxygens (including phenoxy) is 2. The topological polar surface area (TPSA) is 18.5 Å². The van der Waals surface area contributed by atoms with Gasteiger partial charge in [0.15, 0.2) is 0 Å². The largest absolute Gasteiger partial charge is 0.493 e. The Morgan fingerprint density at radius 1 is 0.619 bits per heavy atom. The van der Waals surface area contributed by atoms with Gasteiger partial charge in [-0.15, -0.1) is 0 Å². The molecule has 2 unspecified atom stereocenters. The van der Waals surface area contributed by atoms with Crippen molar-refractivity contribution in [3.63, 3.8) is 0 Å². The lowest BCUT2D eigenvalue weighted by molar-refractivity contribution is 0.233. The Hall–Kier alpha value is -3.14. The Bertz CT molecular complexity index is 1250. The molecule has 3 rings (SSSR count). The van der Waals surface area contributed by atoms with E-state index in [-0.39, 0.29) is 0 Å².